The van der Waals surface area contributed by atoms with Crippen LogP contribution in [0.2, 0.25) is 0 Å². The van der Waals surface area contributed by atoms with Crippen molar-refractivity contribution in [2.45, 2.75) is 38.0 Å². The number of aromatic nitrogens is 2. The van der Waals surface area contributed by atoms with Crippen LogP contribution in [0.5, 0.6) is 0 Å². The lowest BCUT2D eigenvalue weighted by atomic mass is 9.85. The standard InChI is InChI=1S/C17H20FN3O3S/c1-10-16(11(2)24-21-10)25(22,23)20-9-17(3,4)14-8-19-15-6-5-12(18)7-13(14)15/h5-8,19-20H,9H2,1-4H3. The Hall–Kier alpha value is -2.19. The van der Waals surface area contributed by atoms with E-state index in [4.69, 9.17) is 4.52 Å². The minimum absolute atomic E-state index is 0.0632. The molecule has 2 aromatic heterocycles. The number of hydrogen-bond donors (Lipinski definition) is 2. The second-order valence-electron chi connectivity index (χ2n) is 6.75. The number of H-pyrrole nitrogens is 1. The molecule has 0 aliphatic heterocycles. The van der Waals surface area contributed by atoms with Crippen LogP contribution in [0.15, 0.2) is 33.8 Å². The molecule has 1 aromatic carbocycles. The predicted molar refractivity (Wildman–Crippen MR) is 92.4 cm³/mol. The Labute approximate surface area is 145 Å². The van der Waals surface area contributed by atoms with E-state index < -0.39 is 15.4 Å². The van der Waals surface area contributed by atoms with Crippen molar-refractivity contribution in [1.29, 1.82) is 0 Å². The van der Waals surface area contributed by atoms with E-state index in [1.54, 1.807) is 26.1 Å². The van der Waals surface area contributed by atoms with E-state index in [1.807, 2.05) is 13.8 Å². The lowest BCUT2D eigenvalue weighted by Crippen LogP contribution is -2.36. The molecule has 2 N–H and O–H groups in total. The zero-order chi connectivity index (χ0) is 18.4. The molecule has 2 heterocycles. The molecule has 3 aromatic rings. The summed E-state index contributed by atoms with van der Waals surface area (Å²) in [5.41, 5.74) is 1.40. The van der Waals surface area contributed by atoms with Crippen molar-refractivity contribution in [2.24, 2.45) is 0 Å². The Morgan fingerprint density at radius 3 is 2.68 bits per heavy atom. The summed E-state index contributed by atoms with van der Waals surface area (Å²) in [6.07, 6.45) is 1.79. The van der Waals surface area contributed by atoms with E-state index in [-0.39, 0.29) is 23.0 Å². The molecule has 0 saturated heterocycles. The second-order valence-corrected chi connectivity index (χ2v) is 8.46. The minimum atomic E-state index is -3.75. The summed E-state index contributed by atoms with van der Waals surface area (Å²) in [5, 5.41) is 4.42. The van der Waals surface area contributed by atoms with Crippen LogP contribution in [-0.4, -0.2) is 25.1 Å². The van der Waals surface area contributed by atoms with Crippen LogP contribution < -0.4 is 4.72 Å². The second kappa shape index (κ2) is 5.96. The average molecular weight is 365 g/mol. The molecule has 0 fully saturated rings. The summed E-state index contributed by atoms with van der Waals surface area (Å²) in [5.74, 6) is -0.0857. The van der Waals surface area contributed by atoms with Gasteiger partial charge in [-0.05, 0) is 37.6 Å². The van der Waals surface area contributed by atoms with Crippen molar-refractivity contribution in [1.82, 2.24) is 14.9 Å². The van der Waals surface area contributed by atoms with Crippen LogP contribution in [0.4, 0.5) is 4.39 Å². The molecule has 6 nitrogen and oxygen atoms in total. The SMILES string of the molecule is Cc1noc(C)c1S(=O)(=O)NCC(C)(C)c1c[nH]c2ccc(F)cc12. The Balaban J connectivity index is 1.90. The first-order chi connectivity index (χ1) is 11.6. The largest absolute Gasteiger partial charge is 0.361 e. The molecule has 0 spiro atoms. The third-order valence-corrected chi connectivity index (χ3v) is 5.96. The van der Waals surface area contributed by atoms with Gasteiger partial charge in [0.1, 0.15) is 16.4 Å². The highest BCUT2D eigenvalue weighted by atomic mass is 32.2. The smallest absolute Gasteiger partial charge is 0.245 e. The fourth-order valence-corrected chi connectivity index (χ4v) is 4.49. The highest BCUT2D eigenvalue weighted by molar-refractivity contribution is 7.89. The number of aryl methyl sites for hydroxylation is 2. The van der Waals surface area contributed by atoms with Crippen LogP contribution in [0, 0.1) is 19.7 Å². The van der Waals surface area contributed by atoms with E-state index in [9.17, 15) is 12.8 Å². The predicted octanol–water partition coefficient (Wildman–Crippen LogP) is 3.17. The first-order valence-electron chi connectivity index (χ1n) is 7.81. The van der Waals surface area contributed by atoms with Gasteiger partial charge in [-0.3, -0.25) is 0 Å². The van der Waals surface area contributed by atoms with Crippen molar-refractivity contribution in [3.05, 3.63) is 47.2 Å². The molecule has 25 heavy (non-hydrogen) atoms. The molecule has 0 saturated carbocycles. The maximum Gasteiger partial charge on any atom is 0.245 e. The van der Waals surface area contributed by atoms with Gasteiger partial charge in [-0.25, -0.2) is 17.5 Å². The summed E-state index contributed by atoms with van der Waals surface area (Å²) in [4.78, 5) is 3.16. The zero-order valence-corrected chi connectivity index (χ0v) is 15.3. The molecular weight excluding hydrogens is 345 g/mol. The molecule has 0 unspecified atom stereocenters. The fraction of sp³-hybridized carbons (Fsp3) is 0.353. The van der Waals surface area contributed by atoms with Crippen LogP contribution >= 0.6 is 0 Å². The average Bonchev–Trinajstić information content (AvgIpc) is 3.09. The van der Waals surface area contributed by atoms with Gasteiger partial charge in [-0.15, -0.1) is 0 Å². The Morgan fingerprint density at radius 1 is 1.32 bits per heavy atom. The van der Waals surface area contributed by atoms with Crippen molar-refractivity contribution >= 4 is 20.9 Å². The van der Waals surface area contributed by atoms with Gasteiger partial charge in [0.05, 0.1) is 0 Å². The molecular formula is C17H20FN3O3S. The van der Waals surface area contributed by atoms with E-state index >= 15 is 0 Å². The first-order valence-corrected chi connectivity index (χ1v) is 9.30. The van der Waals surface area contributed by atoms with Gasteiger partial charge in [-0.2, -0.15) is 0 Å². The normalized spacial score (nSPS) is 12.8. The van der Waals surface area contributed by atoms with E-state index in [0.29, 0.717) is 5.69 Å². The van der Waals surface area contributed by atoms with Gasteiger partial charge in [0.25, 0.3) is 0 Å². The number of aromatic amines is 1. The molecule has 0 amide bonds. The molecule has 8 heteroatoms. The van der Waals surface area contributed by atoms with E-state index in [1.165, 1.54) is 12.1 Å². The fourth-order valence-electron chi connectivity index (χ4n) is 2.95. The van der Waals surface area contributed by atoms with E-state index in [2.05, 4.69) is 14.9 Å². The number of nitrogens with zero attached hydrogens (tertiary/aromatic N) is 1. The maximum atomic E-state index is 13.6. The van der Waals surface area contributed by atoms with Crippen LogP contribution in [0.1, 0.15) is 30.9 Å². The Bertz CT molecular complexity index is 1020. The maximum absolute atomic E-state index is 13.6. The lowest BCUT2D eigenvalue weighted by Gasteiger charge is -2.24. The highest BCUT2D eigenvalue weighted by Gasteiger charge is 2.29. The summed E-state index contributed by atoms with van der Waals surface area (Å²) < 4.78 is 46.3. The van der Waals surface area contributed by atoms with Crippen LogP contribution in [-0.2, 0) is 15.4 Å². The van der Waals surface area contributed by atoms with Crippen molar-refractivity contribution in [2.75, 3.05) is 6.54 Å². The van der Waals surface area contributed by atoms with E-state index in [0.717, 1.165) is 16.5 Å². The molecule has 0 aliphatic rings. The monoisotopic (exact) mass is 365 g/mol. The number of fused-ring (bicyclic) bond motifs is 1. The highest BCUT2D eigenvalue weighted by Crippen LogP contribution is 2.31. The van der Waals surface area contributed by atoms with Gasteiger partial charge in [0.2, 0.25) is 10.0 Å². The van der Waals surface area contributed by atoms with Gasteiger partial charge < -0.3 is 9.51 Å². The van der Waals surface area contributed by atoms with Crippen LogP contribution in [0.3, 0.4) is 0 Å². The summed E-state index contributed by atoms with van der Waals surface area (Å²) in [6, 6.07) is 4.50. The summed E-state index contributed by atoms with van der Waals surface area (Å²) in [7, 11) is -3.75. The van der Waals surface area contributed by atoms with Crippen LogP contribution in [0.25, 0.3) is 10.9 Å². The lowest BCUT2D eigenvalue weighted by molar-refractivity contribution is 0.390. The van der Waals surface area contributed by atoms with Crippen molar-refractivity contribution in [3.8, 4) is 0 Å². The van der Waals surface area contributed by atoms with Gasteiger partial charge in [-0.1, -0.05) is 19.0 Å². The molecule has 0 atom stereocenters. The number of nitrogens with one attached hydrogen (secondary N) is 2. The summed E-state index contributed by atoms with van der Waals surface area (Å²) >= 11 is 0. The Morgan fingerprint density at radius 2 is 2.04 bits per heavy atom. The molecule has 0 radical (unpaired) electrons. The summed E-state index contributed by atoms with van der Waals surface area (Å²) in [6.45, 7) is 7.08. The third kappa shape index (κ3) is 3.19. The number of halogens is 1. The zero-order valence-electron chi connectivity index (χ0n) is 14.5. The first kappa shape index (κ1) is 17.6. The third-order valence-electron chi connectivity index (χ3n) is 4.31. The molecule has 134 valence electrons. The van der Waals surface area contributed by atoms with Gasteiger partial charge in [0.15, 0.2) is 5.76 Å². The van der Waals surface area contributed by atoms with Crippen molar-refractivity contribution < 1.29 is 17.3 Å². The number of benzene rings is 1. The number of rotatable bonds is 5. The Kier molecular flexibility index (Phi) is 4.20. The molecule has 3 rings (SSSR count). The van der Waals surface area contributed by atoms with Gasteiger partial charge >= 0.3 is 0 Å². The van der Waals surface area contributed by atoms with Gasteiger partial charge in [0, 0.05) is 29.1 Å². The quantitative estimate of drug-likeness (QED) is 0.727. The number of sulfonamides is 1. The van der Waals surface area contributed by atoms with Crippen molar-refractivity contribution in [3.63, 3.8) is 0 Å². The molecule has 0 bridgehead atoms. The topological polar surface area (TPSA) is 88.0 Å². The minimum Gasteiger partial charge on any atom is -0.361 e. The number of hydrogen-bond acceptors (Lipinski definition) is 4. The molecule has 0 aliphatic carbocycles.